The summed E-state index contributed by atoms with van der Waals surface area (Å²) in [6.45, 7) is 1.24. The Morgan fingerprint density at radius 1 is 1.11 bits per heavy atom. The molecule has 0 atom stereocenters. The van der Waals surface area contributed by atoms with Crippen LogP contribution in [0.4, 0.5) is 10.2 Å². The van der Waals surface area contributed by atoms with Crippen molar-refractivity contribution in [2.75, 3.05) is 19.0 Å². The van der Waals surface area contributed by atoms with Crippen molar-refractivity contribution >= 4 is 17.4 Å². The molecule has 1 N–H and O–H groups in total. The number of aryl methyl sites for hydroxylation is 1. The molecule has 3 rings (SSSR count). The fourth-order valence-electron chi connectivity index (χ4n) is 2.89. The molecule has 146 valence electrons. The number of hydrogen-bond acceptors (Lipinski definition) is 4. The molecule has 0 saturated carbocycles. The van der Waals surface area contributed by atoms with Gasteiger partial charge >= 0.3 is 0 Å². The van der Waals surface area contributed by atoms with Crippen molar-refractivity contribution in [3.05, 3.63) is 76.8 Å². The van der Waals surface area contributed by atoms with Crippen molar-refractivity contribution in [3.63, 3.8) is 0 Å². The van der Waals surface area contributed by atoms with Gasteiger partial charge in [-0.2, -0.15) is 0 Å². The van der Waals surface area contributed by atoms with Crippen LogP contribution in [0.15, 0.2) is 54.7 Å². The summed E-state index contributed by atoms with van der Waals surface area (Å²) in [4.78, 5) is 9.07. The molecule has 0 amide bonds. The average Bonchev–Trinajstić information content (AvgIpc) is 2.71. The molecule has 0 bridgehead atoms. The second-order valence-corrected chi connectivity index (χ2v) is 6.90. The molecule has 3 aromatic rings. The van der Waals surface area contributed by atoms with Crippen LogP contribution in [0, 0.1) is 5.82 Å². The van der Waals surface area contributed by atoms with Gasteiger partial charge in [0.25, 0.3) is 0 Å². The summed E-state index contributed by atoms with van der Waals surface area (Å²) in [5.74, 6) is 0.457. The Bertz CT molecular complexity index is 920. The number of benzene rings is 1. The van der Waals surface area contributed by atoms with Crippen molar-refractivity contribution in [3.8, 4) is 11.3 Å². The highest BCUT2D eigenvalue weighted by Crippen LogP contribution is 2.27. The second kappa shape index (κ2) is 10.2. The standard InChI is InChI=1S/C22H23ClFN3O/c1-28-11-3-2-8-18-13-19(20(23)15-25-18)21-9-5-10-22(27-21)26-14-16-6-4-7-17(24)12-16/h4-7,9-10,12-13,15H,2-3,8,11,14H2,1H3,(H,26,27). The molecular weight excluding hydrogens is 377 g/mol. The van der Waals surface area contributed by atoms with Gasteiger partial charge in [-0.3, -0.25) is 4.98 Å². The lowest BCUT2D eigenvalue weighted by Crippen LogP contribution is -2.02. The van der Waals surface area contributed by atoms with E-state index in [-0.39, 0.29) is 5.82 Å². The molecule has 2 aromatic heterocycles. The first kappa shape index (κ1) is 20.2. The number of halogens is 2. The molecule has 1 aromatic carbocycles. The van der Waals surface area contributed by atoms with Crippen molar-refractivity contribution in [2.24, 2.45) is 0 Å². The number of rotatable bonds is 9. The minimum atomic E-state index is -0.248. The molecule has 0 fully saturated rings. The van der Waals surface area contributed by atoms with E-state index in [2.05, 4.69) is 15.3 Å². The zero-order chi connectivity index (χ0) is 19.8. The first-order chi connectivity index (χ1) is 13.7. The smallest absolute Gasteiger partial charge is 0.126 e. The highest BCUT2D eigenvalue weighted by Gasteiger charge is 2.09. The zero-order valence-electron chi connectivity index (χ0n) is 15.8. The lowest BCUT2D eigenvalue weighted by atomic mass is 10.1. The van der Waals surface area contributed by atoms with E-state index in [1.807, 2.05) is 30.3 Å². The topological polar surface area (TPSA) is 47.0 Å². The lowest BCUT2D eigenvalue weighted by molar-refractivity contribution is 0.193. The molecular formula is C22H23ClFN3O. The first-order valence-corrected chi connectivity index (χ1v) is 9.62. The van der Waals surface area contributed by atoms with E-state index >= 15 is 0 Å². The number of nitrogens with zero attached hydrogens (tertiary/aromatic N) is 2. The molecule has 4 nitrogen and oxygen atoms in total. The van der Waals surface area contributed by atoms with E-state index in [9.17, 15) is 4.39 Å². The molecule has 0 aliphatic rings. The molecule has 0 spiro atoms. The van der Waals surface area contributed by atoms with Crippen molar-refractivity contribution in [1.29, 1.82) is 0 Å². The van der Waals surface area contributed by atoms with Crippen LogP contribution in [0.2, 0.25) is 5.02 Å². The molecule has 0 aliphatic carbocycles. The summed E-state index contributed by atoms with van der Waals surface area (Å²) in [5.41, 5.74) is 3.46. The number of methoxy groups -OCH3 is 1. The second-order valence-electron chi connectivity index (χ2n) is 6.50. The van der Waals surface area contributed by atoms with Crippen LogP contribution in [0.5, 0.6) is 0 Å². The lowest BCUT2D eigenvalue weighted by Gasteiger charge is -2.10. The van der Waals surface area contributed by atoms with Gasteiger partial charge in [0.2, 0.25) is 0 Å². The Kier molecular flexibility index (Phi) is 7.34. The van der Waals surface area contributed by atoms with Crippen LogP contribution < -0.4 is 5.32 Å². The minimum Gasteiger partial charge on any atom is -0.385 e. The van der Waals surface area contributed by atoms with Gasteiger partial charge in [0.15, 0.2) is 0 Å². The number of aromatic nitrogens is 2. The monoisotopic (exact) mass is 399 g/mol. The number of nitrogens with one attached hydrogen (secondary N) is 1. The van der Waals surface area contributed by atoms with Gasteiger partial charge in [-0.05, 0) is 55.2 Å². The summed E-state index contributed by atoms with van der Waals surface area (Å²) in [6.07, 6.45) is 4.54. The number of anilines is 1. The van der Waals surface area contributed by atoms with Crippen molar-refractivity contribution in [1.82, 2.24) is 9.97 Å². The van der Waals surface area contributed by atoms with Crippen LogP contribution in [0.25, 0.3) is 11.3 Å². The summed E-state index contributed by atoms with van der Waals surface area (Å²) in [6, 6.07) is 14.2. The quantitative estimate of drug-likeness (QED) is 0.481. The fraction of sp³-hybridized carbons (Fsp3) is 0.273. The molecule has 0 radical (unpaired) electrons. The fourth-order valence-corrected chi connectivity index (χ4v) is 3.09. The first-order valence-electron chi connectivity index (χ1n) is 9.25. The third-order valence-corrected chi connectivity index (χ3v) is 4.63. The minimum absolute atomic E-state index is 0.248. The van der Waals surface area contributed by atoms with E-state index in [4.69, 9.17) is 16.3 Å². The van der Waals surface area contributed by atoms with Crippen LogP contribution in [0.1, 0.15) is 24.1 Å². The number of ether oxygens (including phenoxy) is 1. The number of hydrogen-bond donors (Lipinski definition) is 1. The van der Waals surface area contributed by atoms with Gasteiger partial charge in [-0.15, -0.1) is 0 Å². The number of pyridine rings is 2. The van der Waals surface area contributed by atoms with E-state index in [1.165, 1.54) is 12.1 Å². The highest BCUT2D eigenvalue weighted by atomic mass is 35.5. The molecule has 28 heavy (non-hydrogen) atoms. The van der Waals surface area contributed by atoms with Crippen LogP contribution in [-0.2, 0) is 17.7 Å². The Labute approximate surface area is 169 Å². The van der Waals surface area contributed by atoms with E-state index < -0.39 is 0 Å². The Hall–Kier alpha value is -2.50. The maximum absolute atomic E-state index is 13.3. The van der Waals surface area contributed by atoms with Gasteiger partial charge in [0.1, 0.15) is 11.6 Å². The van der Waals surface area contributed by atoms with E-state index in [1.54, 1.807) is 19.4 Å². The summed E-state index contributed by atoms with van der Waals surface area (Å²) >= 11 is 6.37. The van der Waals surface area contributed by atoms with Gasteiger partial charge < -0.3 is 10.1 Å². The summed E-state index contributed by atoms with van der Waals surface area (Å²) < 4.78 is 18.4. The Morgan fingerprint density at radius 3 is 2.79 bits per heavy atom. The maximum Gasteiger partial charge on any atom is 0.126 e. The normalized spacial score (nSPS) is 10.8. The van der Waals surface area contributed by atoms with E-state index in [0.717, 1.165) is 48.4 Å². The molecule has 2 heterocycles. The SMILES string of the molecule is COCCCCc1cc(-c2cccc(NCc3cccc(F)c3)n2)c(Cl)cn1. The highest BCUT2D eigenvalue weighted by molar-refractivity contribution is 6.33. The van der Waals surface area contributed by atoms with Gasteiger partial charge in [0, 0.05) is 37.7 Å². The van der Waals surface area contributed by atoms with E-state index in [0.29, 0.717) is 17.4 Å². The Morgan fingerprint density at radius 2 is 1.96 bits per heavy atom. The average molecular weight is 400 g/mol. The largest absolute Gasteiger partial charge is 0.385 e. The zero-order valence-corrected chi connectivity index (χ0v) is 16.5. The molecule has 6 heteroatoms. The summed E-state index contributed by atoms with van der Waals surface area (Å²) in [7, 11) is 1.71. The molecule has 0 saturated heterocycles. The predicted molar refractivity (Wildman–Crippen MR) is 111 cm³/mol. The van der Waals surface area contributed by atoms with Gasteiger partial charge in [0.05, 0.1) is 10.7 Å². The maximum atomic E-state index is 13.3. The van der Waals surface area contributed by atoms with Crippen LogP contribution in [-0.4, -0.2) is 23.7 Å². The Balaban J connectivity index is 1.72. The predicted octanol–water partition coefficient (Wildman–Crippen LogP) is 5.52. The summed E-state index contributed by atoms with van der Waals surface area (Å²) in [5, 5.41) is 3.80. The third kappa shape index (κ3) is 5.75. The third-order valence-electron chi connectivity index (χ3n) is 4.33. The number of unbranched alkanes of at least 4 members (excludes halogenated alkanes) is 1. The molecule has 0 unspecified atom stereocenters. The molecule has 0 aliphatic heterocycles. The van der Waals surface area contributed by atoms with Crippen molar-refractivity contribution in [2.45, 2.75) is 25.8 Å². The van der Waals surface area contributed by atoms with Crippen LogP contribution >= 0.6 is 11.6 Å². The van der Waals surface area contributed by atoms with Crippen LogP contribution in [0.3, 0.4) is 0 Å². The van der Waals surface area contributed by atoms with Crippen molar-refractivity contribution < 1.29 is 9.13 Å². The van der Waals surface area contributed by atoms with Gasteiger partial charge in [-0.1, -0.05) is 29.8 Å². The van der Waals surface area contributed by atoms with Gasteiger partial charge in [-0.25, -0.2) is 9.37 Å².